The molecule has 2 rings (SSSR count). The number of nitrogens with one attached hydrogen (secondary N) is 2. The Labute approximate surface area is 150 Å². The van der Waals surface area contributed by atoms with E-state index >= 15 is 0 Å². The van der Waals surface area contributed by atoms with Crippen LogP contribution in [0.1, 0.15) is 22.8 Å². The van der Waals surface area contributed by atoms with Crippen LogP contribution >= 0.6 is 0 Å². The molecule has 2 N–H and O–H groups in total. The third-order valence-electron chi connectivity index (χ3n) is 3.60. The highest BCUT2D eigenvalue weighted by atomic mass is 16.6. The molecule has 0 aliphatic carbocycles. The molecule has 8 nitrogen and oxygen atoms in total. The zero-order valence-corrected chi connectivity index (χ0v) is 14.4. The standard InChI is InChI=1S/C18H19N3O5/c1-3-19-17(22)11-26-14-9-7-13(8-10-14)20-18(23)15-5-4-6-16(12(15)2)21(24)25/h4-10H,3,11H2,1-2H3,(H,19,22)(H,20,23). The maximum atomic E-state index is 12.4. The molecule has 0 heterocycles. The van der Waals surface area contributed by atoms with E-state index in [1.54, 1.807) is 24.3 Å². The van der Waals surface area contributed by atoms with Crippen molar-refractivity contribution in [1.82, 2.24) is 5.32 Å². The quantitative estimate of drug-likeness (QED) is 0.585. The zero-order chi connectivity index (χ0) is 19.1. The number of benzene rings is 2. The second kappa shape index (κ2) is 8.61. The molecule has 0 atom stereocenters. The number of likely N-dealkylation sites (N-methyl/N-ethyl adjacent to an activating group) is 1. The maximum absolute atomic E-state index is 12.4. The Bertz CT molecular complexity index is 818. The van der Waals surface area contributed by atoms with E-state index in [0.717, 1.165) is 0 Å². The number of nitro benzene ring substituents is 1. The predicted molar refractivity (Wildman–Crippen MR) is 96.4 cm³/mol. The number of anilines is 1. The highest BCUT2D eigenvalue weighted by molar-refractivity contribution is 6.05. The van der Waals surface area contributed by atoms with E-state index in [1.807, 2.05) is 6.92 Å². The largest absolute Gasteiger partial charge is 0.484 e. The van der Waals surface area contributed by atoms with Crippen LogP contribution in [0.5, 0.6) is 5.75 Å². The van der Waals surface area contributed by atoms with Crippen molar-refractivity contribution in [1.29, 1.82) is 0 Å². The fourth-order valence-electron chi connectivity index (χ4n) is 2.30. The van der Waals surface area contributed by atoms with Crippen LogP contribution in [-0.4, -0.2) is 29.9 Å². The first-order valence-electron chi connectivity index (χ1n) is 7.97. The molecule has 2 aromatic carbocycles. The lowest BCUT2D eigenvalue weighted by Gasteiger charge is -2.09. The van der Waals surface area contributed by atoms with Crippen molar-refractivity contribution in [2.45, 2.75) is 13.8 Å². The van der Waals surface area contributed by atoms with Gasteiger partial charge >= 0.3 is 0 Å². The third-order valence-corrected chi connectivity index (χ3v) is 3.60. The van der Waals surface area contributed by atoms with E-state index in [-0.39, 0.29) is 23.8 Å². The van der Waals surface area contributed by atoms with Gasteiger partial charge in [-0.15, -0.1) is 0 Å². The Hall–Kier alpha value is -3.42. The average Bonchev–Trinajstić information content (AvgIpc) is 2.61. The smallest absolute Gasteiger partial charge is 0.273 e. The lowest BCUT2D eigenvalue weighted by atomic mass is 10.1. The first-order valence-corrected chi connectivity index (χ1v) is 7.97. The molecule has 26 heavy (non-hydrogen) atoms. The number of carbonyl (C=O) groups is 2. The SMILES string of the molecule is CCNC(=O)COc1ccc(NC(=O)c2cccc([N+](=O)[O-])c2C)cc1. The summed E-state index contributed by atoms with van der Waals surface area (Å²) in [5.74, 6) is -0.172. The van der Waals surface area contributed by atoms with Crippen LogP contribution in [0.4, 0.5) is 11.4 Å². The molecule has 2 amide bonds. The highest BCUT2D eigenvalue weighted by Gasteiger charge is 2.18. The fourth-order valence-corrected chi connectivity index (χ4v) is 2.30. The van der Waals surface area contributed by atoms with Gasteiger partial charge in [0.25, 0.3) is 17.5 Å². The summed E-state index contributed by atoms with van der Waals surface area (Å²) in [6.07, 6.45) is 0. The van der Waals surface area contributed by atoms with Gasteiger partial charge in [-0.05, 0) is 44.2 Å². The molecule has 0 saturated heterocycles. The van der Waals surface area contributed by atoms with Crippen molar-refractivity contribution in [3.63, 3.8) is 0 Å². The van der Waals surface area contributed by atoms with Crippen molar-refractivity contribution >= 4 is 23.2 Å². The normalized spacial score (nSPS) is 10.1. The Morgan fingerprint density at radius 3 is 2.46 bits per heavy atom. The van der Waals surface area contributed by atoms with E-state index in [4.69, 9.17) is 4.74 Å². The van der Waals surface area contributed by atoms with Gasteiger partial charge in [0.15, 0.2) is 6.61 Å². The number of amides is 2. The number of rotatable bonds is 7. The van der Waals surface area contributed by atoms with E-state index in [9.17, 15) is 19.7 Å². The molecule has 2 aromatic rings. The average molecular weight is 357 g/mol. The van der Waals surface area contributed by atoms with Gasteiger partial charge in [-0.25, -0.2) is 0 Å². The molecule has 0 unspecified atom stereocenters. The third kappa shape index (κ3) is 4.79. The van der Waals surface area contributed by atoms with E-state index in [0.29, 0.717) is 23.5 Å². The summed E-state index contributed by atoms with van der Waals surface area (Å²) < 4.78 is 5.33. The molecule has 0 spiro atoms. The summed E-state index contributed by atoms with van der Waals surface area (Å²) in [6.45, 7) is 3.79. The summed E-state index contributed by atoms with van der Waals surface area (Å²) in [7, 11) is 0. The Kier molecular flexibility index (Phi) is 6.26. The number of nitro groups is 1. The van der Waals surface area contributed by atoms with Crippen LogP contribution in [0.15, 0.2) is 42.5 Å². The van der Waals surface area contributed by atoms with Crippen LogP contribution in [0.2, 0.25) is 0 Å². The van der Waals surface area contributed by atoms with Gasteiger partial charge in [0, 0.05) is 29.4 Å². The Balaban J connectivity index is 2.03. The van der Waals surface area contributed by atoms with Crippen LogP contribution < -0.4 is 15.4 Å². The van der Waals surface area contributed by atoms with Crippen LogP contribution in [-0.2, 0) is 4.79 Å². The molecule has 0 aliphatic heterocycles. The highest BCUT2D eigenvalue weighted by Crippen LogP contribution is 2.22. The van der Waals surface area contributed by atoms with Crippen molar-refractivity contribution in [2.24, 2.45) is 0 Å². The molecule has 0 fully saturated rings. The van der Waals surface area contributed by atoms with Gasteiger partial charge in [0.1, 0.15) is 5.75 Å². The van der Waals surface area contributed by atoms with Crippen molar-refractivity contribution in [3.05, 3.63) is 63.7 Å². The lowest BCUT2D eigenvalue weighted by Crippen LogP contribution is -2.28. The number of hydrogen-bond acceptors (Lipinski definition) is 5. The Morgan fingerprint density at radius 2 is 1.85 bits per heavy atom. The fraction of sp³-hybridized carbons (Fsp3) is 0.222. The first-order chi connectivity index (χ1) is 12.4. The van der Waals surface area contributed by atoms with E-state index in [1.165, 1.54) is 25.1 Å². The van der Waals surface area contributed by atoms with E-state index in [2.05, 4.69) is 10.6 Å². The lowest BCUT2D eigenvalue weighted by molar-refractivity contribution is -0.385. The van der Waals surface area contributed by atoms with Gasteiger partial charge in [0.2, 0.25) is 0 Å². The monoisotopic (exact) mass is 357 g/mol. The molecule has 8 heteroatoms. The van der Waals surface area contributed by atoms with Gasteiger partial charge in [-0.3, -0.25) is 19.7 Å². The predicted octanol–water partition coefficient (Wildman–Crippen LogP) is 2.67. The molecule has 0 saturated carbocycles. The summed E-state index contributed by atoms with van der Waals surface area (Å²) in [5.41, 5.74) is 0.936. The molecular formula is C18H19N3O5. The number of hydrogen-bond donors (Lipinski definition) is 2. The minimum absolute atomic E-state index is 0.0908. The topological polar surface area (TPSA) is 111 Å². The van der Waals surface area contributed by atoms with Crippen LogP contribution in [0, 0.1) is 17.0 Å². The van der Waals surface area contributed by atoms with Gasteiger partial charge < -0.3 is 15.4 Å². The zero-order valence-electron chi connectivity index (χ0n) is 14.4. The van der Waals surface area contributed by atoms with E-state index < -0.39 is 10.8 Å². The van der Waals surface area contributed by atoms with Crippen LogP contribution in [0.3, 0.4) is 0 Å². The summed E-state index contributed by atoms with van der Waals surface area (Å²) in [6, 6.07) is 10.8. The second-order valence-electron chi connectivity index (χ2n) is 5.43. The molecule has 0 aromatic heterocycles. The second-order valence-corrected chi connectivity index (χ2v) is 5.43. The minimum atomic E-state index is -0.521. The number of carbonyl (C=O) groups excluding carboxylic acids is 2. The van der Waals surface area contributed by atoms with Gasteiger partial charge in [0.05, 0.1) is 4.92 Å². The molecular weight excluding hydrogens is 338 g/mol. The number of ether oxygens (including phenoxy) is 1. The van der Waals surface area contributed by atoms with Gasteiger partial charge in [-0.2, -0.15) is 0 Å². The van der Waals surface area contributed by atoms with Crippen molar-refractivity contribution in [2.75, 3.05) is 18.5 Å². The molecule has 0 bridgehead atoms. The van der Waals surface area contributed by atoms with Crippen LogP contribution in [0.25, 0.3) is 0 Å². The van der Waals surface area contributed by atoms with Gasteiger partial charge in [-0.1, -0.05) is 6.07 Å². The maximum Gasteiger partial charge on any atom is 0.273 e. The molecule has 136 valence electrons. The van der Waals surface area contributed by atoms with Crippen molar-refractivity contribution < 1.29 is 19.2 Å². The minimum Gasteiger partial charge on any atom is -0.484 e. The summed E-state index contributed by atoms with van der Waals surface area (Å²) >= 11 is 0. The summed E-state index contributed by atoms with van der Waals surface area (Å²) in [5, 5.41) is 16.3. The molecule has 0 radical (unpaired) electrons. The first kappa shape index (κ1) is 18.9. The number of nitrogens with zero attached hydrogens (tertiary/aromatic N) is 1. The van der Waals surface area contributed by atoms with Crippen molar-refractivity contribution in [3.8, 4) is 5.75 Å². The molecule has 0 aliphatic rings. The summed E-state index contributed by atoms with van der Waals surface area (Å²) in [4.78, 5) is 34.2. The Morgan fingerprint density at radius 1 is 1.15 bits per heavy atom.